The molecule has 0 bridgehead atoms. The molecule has 10 nitrogen and oxygen atoms in total. The van der Waals surface area contributed by atoms with Crippen LogP contribution in [0.1, 0.15) is 19.3 Å². The zero-order valence-corrected chi connectivity index (χ0v) is 16.9. The number of thioether (sulfide) groups is 1. The molecule has 0 aromatic carbocycles. The summed E-state index contributed by atoms with van der Waals surface area (Å²) in [5.74, 6) is -2.12. The summed E-state index contributed by atoms with van der Waals surface area (Å²) >= 11 is 1.47. The number of nitrogens with two attached hydrogens (primary N) is 2. The first-order chi connectivity index (χ1) is 14.4. The van der Waals surface area contributed by atoms with Crippen molar-refractivity contribution in [1.29, 1.82) is 0 Å². The third kappa shape index (κ3) is 18.5. The van der Waals surface area contributed by atoms with Crippen molar-refractivity contribution in [2.24, 2.45) is 16.5 Å². The summed E-state index contributed by atoms with van der Waals surface area (Å²) in [6.45, 7) is -1.35. The molecule has 0 saturated carbocycles. The fourth-order valence-electron chi connectivity index (χ4n) is 1.63. The number of nitrogens with one attached hydrogen (secondary N) is 1. The average Bonchev–Trinajstić information content (AvgIpc) is 2.64. The number of unbranched alkanes of at least 4 members (excludes halogenated alkanes) is 1. The molecule has 14 heteroatoms. The van der Waals surface area contributed by atoms with E-state index in [1.54, 1.807) is 18.2 Å². The van der Waals surface area contributed by atoms with Crippen LogP contribution in [0.25, 0.3) is 0 Å². The van der Waals surface area contributed by atoms with Crippen LogP contribution in [0.4, 0.5) is 19.0 Å². The van der Waals surface area contributed by atoms with Crippen LogP contribution in [-0.2, 0) is 14.4 Å². The van der Waals surface area contributed by atoms with E-state index in [4.69, 9.17) is 21.7 Å². The smallest absolute Gasteiger partial charge is 0.408 e. The van der Waals surface area contributed by atoms with E-state index < -0.39 is 24.7 Å². The number of alkyl halides is 3. The third-order valence-electron chi connectivity index (χ3n) is 2.84. The van der Waals surface area contributed by atoms with Crippen molar-refractivity contribution in [3.8, 4) is 0 Å². The number of aliphatic carboxylic acids is 2. The summed E-state index contributed by atoms with van der Waals surface area (Å²) in [6.07, 6.45) is -1.42. The summed E-state index contributed by atoms with van der Waals surface area (Å²) < 4.78 is 36.1. The van der Waals surface area contributed by atoms with E-state index in [0.29, 0.717) is 35.8 Å². The monoisotopic (exact) mass is 465 g/mol. The van der Waals surface area contributed by atoms with E-state index >= 15 is 0 Å². The van der Waals surface area contributed by atoms with Gasteiger partial charge in [0.15, 0.2) is 5.96 Å². The number of nitrogens with zero attached hydrogens (tertiary/aromatic N) is 2. The molecule has 0 unspecified atom stereocenters. The third-order valence-corrected chi connectivity index (χ3v) is 3.86. The summed E-state index contributed by atoms with van der Waals surface area (Å²) in [5.41, 5.74) is 10.4. The number of carboxylic acid groups (broad SMARTS) is 2. The first-order valence-electron chi connectivity index (χ1n) is 8.55. The van der Waals surface area contributed by atoms with Gasteiger partial charge in [-0.15, -0.1) is 11.8 Å². The van der Waals surface area contributed by atoms with Crippen molar-refractivity contribution in [3.05, 3.63) is 30.4 Å². The van der Waals surface area contributed by atoms with Crippen LogP contribution >= 0.6 is 11.8 Å². The lowest BCUT2D eigenvalue weighted by atomic mass is 10.2. The molecule has 0 aliphatic heterocycles. The van der Waals surface area contributed by atoms with E-state index in [1.165, 1.54) is 11.8 Å². The molecule has 7 N–H and O–H groups in total. The molecule has 0 atom stereocenters. The lowest BCUT2D eigenvalue weighted by Gasteiger charge is -2.07. The van der Waals surface area contributed by atoms with Crippen LogP contribution in [0.15, 0.2) is 40.4 Å². The standard InChI is InChI=1S/C13H18F3N5OS.C4H4O4/c14-13(15,16)8-19-12(18)21-10-5-3-6-11(20-10)23-7-2-1-4-9(17)22;5-3(6)1-2-4(7)8/h3,5-6H,1-2,4,7-8H2,(H2,17,22)(H3,18,19,20,21);1-2H,(H,5,6)(H,7,8). The number of aromatic nitrogens is 1. The number of hydrogen-bond donors (Lipinski definition) is 5. The minimum Gasteiger partial charge on any atom is -0.478 e. The van der Waals surface area contributed by atoms with Gasteiger partial charge in [-0.2, -0.15) is 13.2 Å². The molecule has 1 aromatic rings. The number of carbonyl (C=O) groups is 3. The van der Waals surface area contributed by atoms with E-state index in [-0.39, 0.29) is 11.9 Å². The van der Waals surface area contributed by atoms with Gasteiger partial charge in [-0.05, 0) is 30.7 Å². The minimum atomic E-state index is -4.40. The number of carbonyl (C=O) groups excluding carboxylic acids is 1. The number of anilines is 1. The molecule has 1 rings (SSSR count). The Morgan fingerprint density at radius 2 is 1.74 bits per heavy atom. The molecule has 1 heterocycles. The van der Waals surface area contributed by atoms with Gasteiger partial charge in [-0.3, -0.25) is 4.79 Å². The molecule has 0 aliphatic carbocycles. The maximum atomic E-state index is 12.0. The van der Waals surface area contributed by atoms with Gasteiger partial charge in [-0.25, -0.2) is 19.6 Å². The number of carboxylic acids is 2. The molecule has 0 saturated heterocycles. The first-order valence-corrected chi connectivity index (χ1v) is 9.53. The summed E-state index contributed by atoms with van der Waals surface area (Å²) in [5, 5.41) is 18.8. The molecule has 172 valence electrons. The summed E-state index contributed by atoms with van der Waals surface area (Å²) in [4.78, 5) is 37.1. The number of aliphatic imine (C=N–C) groups is 1. The zero-order chi connectivity index (χ0) is 23.9. The largest absolute Gasteiger partial charge is 0.478 e. The predicted molar refractivity (Wildman–Crippen MR) is 109 cm³/mol. The normalized spacial score (nSPS) is 11.5. The fraction of sp³-hybridized carbons (Fsp3) is 0.353. The second-order valence-electron chi connectivity index (χ2n) is 5.58. The number of guanidine groups is 1. The SMILES string of the molecule is NC(=O)CCCCSc1cccc(NC(N)=NCC(F)(F)F)n1.O=C(O)C=CC(=O)O. The van der Waals surface area contributed by atoms with Gasteiger partial charge >= 0.3 is 18.1 Å². The van der Waals surface area contributed by atoms with Gasteiger partial charge in [0.05, 0.1) is 5.03 Å². The van der Waals surface area contributed by atoms with Crippen molar-refractivity contribution in [3.63, 3.8) is 0 Å². The molecule has 1 amide bonds. The molecule has 0 fully saturated rings. The second kappa shape index (κ2) is 14.7. The van der Waals surface area contributed by atoms with Gasteiger partial charge in [-0.1, -0.05) is 6.07 Å². The summed E-state index contributed by atoms with van der Waals surface area (Å²) in [6, 6.07) is 5.05. The van der Waals surface area contributed by atoms with Gasteiger partial charge in [0, 0.05) is 18.6 Å². The molecule has 1 aromatic heterocycles. The predicted octanol–water partition coefficient (Wildman–Crippen LogP) is 1.83. The molecule has 0 aliphatic rings. The Labute approximate surface area is 179 Å². The highest BCUT2D eigenvalue weighted by Crippen LogP contribution is 2.19. The molecule has 0 spiro atoms. The first kappa shape index (κ1) is 27.7. The van der Waals surface area contributed by atoms with Gasteiger partial charge in [0.2, 0.25) is 5.91 Å². The Bertz CT molecular complexity index is 787. The Kier molecular flexibility index (Phi) is 13.1. The minimum absolute atomic E-state index is 0.315. The lowest BCUT2D eigenvalue weighted by Crippen LogP contribution is -2.26. The van der Waals surface area contributed by atoms with Gasteiger partial charge in [0.25, 0.3) is 0 Å². The number of hydrogen-bond acceptors (Lipinski definition) is 6. The van der Waals surface area contributed by atoms with Gasteiger partial charge < -0.3 is 27.0 Å². The highest BCUT2D eigenvalue weighted by molar-refractivity contribution is 7.99. The summed E-state index contributed by atoms with van der Waals surface area (Å²) in [7, 11) is 0. The van der Waals surface area contributed by atoms with Crippen LogP contribution in [0.2, 0.25) is 0 Å². The van der Waals surface area contributed by atoms with Crippen LogP contribution in [-0.4, -0.2) is 57.5 Å². The molecular formula is C17H22F3N5O5S. The fourth-order valence-corrected chi connectivity index (χ4v) is 2.53. The Morgan fingerprint density at radius 1 is 1.13 bits per heavy atom. The number of amides is 1. The molecule has 0 radical (unpaired) electrons. The topological polar surface area (TPSA) is 181 Å². The number of halogens is 3. The Morgan fingerprint density at radius 3 is 2.26 bits per heavy atom. The van der Waals surface area contributed by atoms with Crippen LogP contribution in [0, 0.1) is 0 Å². The van der Waals surface area contributed by atoms with Crippen molar-refractivity contribution >= 4 is 41.4 Å². The van der Waals surface area contributed by atoms with Crippen molar-refractivity contribution in [2.75, 3.05) is 17.6 Å². The lowest BCUT2D eigenvalue weighted by molar-refractivity contribution is -0.134. The van der Waals surface area contributed by atoms with E-state index in [9.17, 15) is 27.6 Å². The number of primary amides is 1. The van der Waals surface area contributed by atoms with Crippen molar-refractivity contribution in [2.45, 2.75) is 30.5 Å². The number of pyridine rings is 1. The zero-order valence-electron chi connectivity index (χ0n) is 16.1. The maximum absolute atomic E-state index is 12.0. The van der Waals surface area contributed by atoms with Crippen molar-refractivity contribution in [1.82, 2.24) is 4.98 Å². The van der Waals surface area contributed by atoms with Crippen LogP contribution in [0.3, 0.4) is 0 Å². The van der Waals surface area contributed by atoms with Crippen LogP contribution < -0.4 is 16.8 Å². The Hall–Kier alpha value is -3.29. The second-order valence-corrected chi connectivity index (χ2v) is 6.70. The highest BCUT2D eigenvalue weighted by atomic mass is 32.2. The highest BCUT2D eigenvalue weighted by Gasteiger charge is 2.26. The van der Waals surface area contributed by atoms with Crippen molar-refractivity contribution < 1.29 is 37.8 Å². The molecular weight excluding hydrogens is 443 g/mol. The average molecular weight is 465 g/mol. The van der Waals surface area contributed by atoms with E-state index in [1.807, 2.05) is 0 Å². The molecule has 31 heavy (non-hydrogen) atoms. The van der Waals surface area contributed by atoms with E-state index in [2.05, 4.69) is 15.3 Å². The Balaban J connectivity index is 0.000000954. The van der Waals surface area contributed by atoms with Gasteiger partial charge in [0.1, 0.15) is 12.4 Å². The maximum Gasteiger partial charge on any atom is 0.408 e. The van der Waals surface area contributed by atoms with E-state index in [0.717, 1.165) is 12.2 Å². The van der Waals surface area contributed by atoms with Crippen LogP contribution in [0.5, 0.6) is 0 Å². The number of rotatable bonds is 10. The quantitative estimate of drug-likeness (QED) is 0.113.